The molecule has 1 atom stereocenters. The Morgan fingerprint density at radius 3 is 2.55 bits per heavy atom. The summed E-state index contributed by atoms with van der Waals surface area (Å²) in [5.74, 6) is 1.38. The molecule has 0 spiro atoms. The smallest absolute Gasteiger partial charge is 0.121 e. The molecule has 0 radical (unpaired) electrons. The van der Waals surface area contributed by atoms with Crippen LogP contribution in [-0.4, -0.2) is 0 Å². The molecule has 104 valence electrons. The van der Waals surface area contributed by atoms with Crippen molar-refractivity contribution in [1.29, 1.82) is 0 Å². The lowest BCUT2D eigenvalue weighted by atomic mass is 10.0. The fourth-order valence-electron chi connectivity index (χ4n) is 2.32. The van der Waals surface area contributed by atoms with Crippen LogP contribution in [0, 0.1) is 5.92 Å². The molecule has 20 heavy (non-hydrogen) atoms. The van der Waals surface area contributed by atoms with Crippen LogP contribution >= 0.6 is 11.6 Å². The molecule has 0 amide bonds. The second-order valence-corrected chi connectivity index (χ2v) is 5.73. The Labute approximate surface area is 124 Å². The summed E-state index contributed by atoms with van der Waals surface area (Å²) in [6.45, 7) is 0.547. The van der Waals surface area contributed by atoms with Crippen molar-refractivity contribution < 1.29 is 4.74 Å². The van der Waals surface area contributed by atoms with E-state index in [0.29, 0.717) is 17.5 Å². The van der Waals surface area contributed by atoms with Gasteiger partial charge in [-0.15, -0.1) is 0 Å². The van der Waals surface area contributed by atoms with Crippen molar-refractivity contribution in [2.45, 2.75) is 25.5 Å². The van der Waals surface area contributed by atoms with E-state index in [1.807, 2.05) is 48.5 Å². The van der Waals surface area contributed by atoms with E-state index in [1.54, 1.807) is 0 Å². The number of ether oxygens (including phenoxy) is 1. The summed E-state index contributed by atoms with van der Waals surface area (Å²) in [6.07, 6.45) is 2.42. The number of halogens is 1. The van der Waals surface area contributed by atoms with E-state index >= 15 is 0 Å². The first kappa shape index (κ1) is 13.5. The highest BCUT2D eigenvalue weighted by Gasteiger charge is 2.30. The molecule has 1 unspecified atom stereocenters. The normalized spacial score (nSPS) is 15.9. The number of rotatable bonds is 5. The first-order chi connectivity index (χ1) is 9.74. The average Bonchev–Trinajstić information content (AvgIpc) is 3.30. The standard InChI is InChI=1S/C17H18ClNO/c18-16-10-14(20-11-12-4-2-1-3-5-12)8-9-15(16)17(19)13-6-7-13/h1-5,8-10,13,17H,6-7,11,19H2. The fraction of sp³-hybridized carbons (Fsp3) is 0.294. The van der Waals surface area contributed by atoms with Crippen molar-refractivity contribution in [3.05, 3.63) is 64.7 Å². The van der Waals surface area contributed by atoms with Gasteiger partial charge in [0.1, 0.15) is 12.4 Å². The van der Waals surface area contributed by atoms with Gasteiger partial charge in [0.15, 0.2) is 0 Å². The minimum Gasteiger partial charge on any atom is -0.489 e. The zero-order valence-electron chi connectivity index (χ0n) is 11.3. The largest absolute Gasteiger partial charge is 0.489 e. The molecule has 2 aromatic carbocycles. The van der Waals surface area contributed by atoms with Gasteiger partial charge >= 0.3 is 0 Å². The zero-order chi connectivity index (χ0) is 13.9. The van der Waals surface area contributed by atoms with Crippen LogP contribution in [-0.2, 0) is 6.61 Å². The van der Waals surface area contributed by atoms with Crippen LogP contribution < -0.4 is 10.5 Å². The molecule has 1 aliphatic rings. The molecule has 1 fully saturated rings. The molecule has 0 aromatic heterocycles. The number of benzene rings is 2. The first-order valence-electron chi connectivity index (χ1n) is 6.96. The predicted molar refractivity (Wildman–Crippen MR) is 81.9 cm³/mol. The zero-order valence-corrected chi connectivity index (χ0v) is 12.0. The molecule has 3 rings (SSSR count). The molecule has 0 bridgehead atoms. The molecular weight excluding hydrogens is 270 g/mol. The Morgan fingerprint density at radius 1 is 1.15 bits per heavy atom. The molecular formula is C17H18ClNO. The van der Waals surface area contributed by atoms with Gasteiger partial charge in [0.05, 0.1) is 0 Å². The minimum absolute atomic E-state index is 0.0608. The SMILES string of the molecule is NC(c1ccc(OCc2ccccc2)cc1Cl)C1CC1. The third-order valence-electron chi connectivity index (χ3n) is 3.71. The van der Waals surface area contributed by atoms with Crippen molar-refractivity contribution in [2.24, 2.45) is 11.7 Å². The van der Waals surface area contributed by atoms with Crippen LogP contribution in [0.15, 0.2) is 48.5 Å². The minimum atomic E-state index is 0.0608. The van der Waals surface area contributed by atoms with Gasteiger partial charge in [0.25, 0.3) is 0 Å². The molecule has 1 aliphatic carbocycles. The topological polar surface area (TPSA) is 35.2 Å². The van der Waals surface area contributed by atoms with E-state index in [4.69, 9.17) is 22.1 Å². The maximum atomic E-state index is 6.32. The molecule has 2 nitrogen and oxygen atoms in total. The van der Waals surface area contributed by atoms with E-state index < -0.39 is 0 Å². The third kappa shape index (κ3) is 3.14. The highest BCUT2D eigenvalue weighted by atomic mass is 35.5. The highest BCUT2D eigenvalue weighted by molar-refractivity contribution is 6.31. The Hall–Kier alpha value is -1.51. The predicted octanol–water partition coefficient (Wildman–Crippen LogP) is 4.33. The van der Waals surface area contributed by atoms with Crippen LogP contribution in [0.5, 0.6) is 5.75 Å². The maximum absolute atomic E-state index is 6.32. The molecule has 3 heteroatoms. The van der Waals surface area contributed by atoms with Crippen molar-refractivity contribution in [2.75, 3.05) is 0 Å². The summed E-state index contributed by atoms with van der Waals surface area (Å²) < 4.78 is 5.76. The van der Waals surface area contributed by atoms with Crippen LogP contribution in [0.4, 0.5) is 0 Å². The number of hydrogen-bond donors (Lipinski definition) is 1. The fourth-order valence-corrected chi connectivity index (χ4v) is 2.61. The molecule has 0 heterocycles. The van der Waals surface area contributed by atoms with Crippen LogP contribution in [0.2, 0.25) is 5.02 Å². The third-order valence-corrected chi connectivity index (χ3v) is 4.04. The van der Waals surface area contributed by atoms with Gasteiger partial charge in [-0.25, -0.2) is 0 Å². The van der Waals surface area contributed by atoms with Crippen molar-refractivity contribution in [3.8, 4) is 5.75 Å². The van der Waals surface area contributed by atoms with Gasteiger partial charge in [-0.05, 0) is 42.0 Å². The summed E-state index contributed by atoms with van der Waals surface area (Å²) in [5, 5.41) is 0.704. The second kappa shape index (κ2) is 5.86. The Kier molecular flexibility index (Phi) is 3.95. The van der Waals surface area contributed by atoms with Crippen LogP contribution in [0.25, 0.3) is 0 Å². The summed E-state index contributed by atoms with van der Waals surface area (Å²) in [4.78, 5) is 0. The average molecular weight is 288 g/mol. The van der Waals surface area contributed by atoms with Crippen LogP contribution in [0.1, 0.15) is 30.0 Å². The van der Waals surface area contributed by atoms with E-state index in [1.165, 1.54) is 12.8 Å². The molecule has 1 saturated carbocycles. The summed E-state index contributed by atoms with van der Waals surface area (Å²) in [5.41, 5.74) is 8.36. The lowest BCUT2D eigenvalue weighted by Gasteiger charge is -2.14. The van der Waals surface area contributed by atoms with Crippen molar-refractivity contribution in [1.82, 2.24) is 0 Å². The van der Waals surface area contributed by atoms with Gasteiger partial charge in [-0.1, -0.05) is 48.0 Å². The van der Waals surface area contributed by atoms with Gasteiger partial charge < -0.3 is 10.5 Å². The monoisotopic (exact) mass is 287 g/mol. The number of nitrogens with two attached hydrogens (primary N) is 1. The van der Waals surface area contributed by atoms with E-state index in [9.17, 15) is 0 Å². The summed E-state index contributed by atoms with van der Waals surface area (Å²) in [6, 6.07) is 15.9. The Bertz CT molecular complexity index is 581. The van der Waals surface area contributed by atoms with Crippen LogP contribution in [0.3, 0.4) is 0 Å². The summed E-state index contributed by atoms with van der Waals surface area (Å²) in [7, 11) is 0. The first-order valence-corrected chi connectivity index (χ1v) is 7.33. The Balaban J connectivity index is 1.67. The van der Waals surface area contributed by atoms with Gasteiger partial charge in [0.2, 0.25) is 0 Å². The van der Waals surface area contributed by atoms with Crippen molar-refractivity contribution >= 4 is 11.6 Å². The van der Waals surface area contributed by atoms with E-state index in [0.717, 1.165) is 16.9 Å². The molecule has 0 saturated heterocycles. The lowest BCUT2D eigenvalue weighted by molar-refractivity contribution is 0.306. The Morgan fingerprint density at radius 2 is 1.90 bits per heavy atom. The van der Waals surface area contributed by atoms with Gasteiger partial charge in [0, 0.05) is 11.1 Å². The number of hydrogen-bond acceptors (Lipinski definition) is 2. The summed E-state index contributed by atoms with van der Waals surface area (Å²) >= 11 is 6.32. The molecule has 2 N–H and O–H groups in total. The van der Waals surface area contributed by atoms with Gasteiger partial charge in [-0.3, -0.25) is 0 Å². The maximum Gasteiger partial charge on any atom is 0.121 e. The van der Waals surface area contributed by atoms with Gasteiger partial charge in [-0.2, -0.15) is 0 Å². The molecule has 2 aromatic rings. The van der Waals surface area contributed by atoms with E-state index in [2.05, 4.69) is 0 Å². The lowest BCUT2D eigenvalue weighted by Crippen LogP contribution is -2.12. The highest BCUT2D eigenvalue weighted by Crippen LogP contribution is 2.41. The van der Waals surface area contributed by atoms with Crippen molar-refractivity contribution in [3.63, 3.8) is 0 Å². The molecule has 0 aliphatic heterocycles. The van der Waals surface area contributed by atoms with E-state index in [-0.39, 0.29) is 6.04 Å². The second-order valence-electron chi connectivity index (χ2n) is 5.32. The quantitative estimate of drug-likeness (QED) is 0.888.